The largest absolute Gasteiger partial charge is 0.390 e. The van der Waals surface area contributed by atoms with Crippen molar-refractivity contribution in [2.75, 3.05) is 13.6 Å². The highest BCUT2D eigenvalue weighted by Crippen LogP contribution is 2.20. The van der Waals surface area contributed by atoms with E-state index in [1.807, 2.05) is 0 Å². The Labute approximate surface area is 98.7 Å². The van der Waals surface area contributed by atoms with Crippen LogP contribution in [0.4, 0.5) is 0 Å². The smallest absolute Gasteiger partial charge is 0.177 e. The number of imidazole rings is 1. The predicted molar refractivity (Wildman–Crippen MR) is 63.4 cm³/mol. The molecule has 0 spiro atoms. The Hall–Kier alpha value is -1.50. The molecule has 17 heavy (non-hydrogen) atoms. The second kappa shape index (κ2) is 5.22. The third-order valence-corrected chi connectivity index (χ3v) is 2.69. The Morgan fingerprint density at radius 2 is 2.24 bits per heavy atom. The van der Waals surface area contributed by atoms with E-state index < -0.39 is 12.2 Å². The molecule has 0 aliphatic carbocycles. The second-order valence-electron chi connectivity index (χ2n) is 3.95. The molecule has 92 valence electrons. The van der Waals surface area contributed by atoms with Crippen molar-refractivity contribution >= 4 is 11.2 Å². The average Bonchev–Trinajstić information content (AvgIpc) is 2.81. The van der Waals surface area contributed by atoms with Crippen molar-refractivity contribution in [2.24, 2.45) is 0 Å². The summed E-state index contributed by atoms with van der Waals surface area (Å²) in [5.41, 5.74) is 1.94. The van der Waals surface area contributed by atoms with Crippen LogP contribution >= 0.6 is 0 Å². The molecule has 0 fully saturated rings. The van der Waals surface area contributed by atoms with Crippen molar-refractivity contribution in [3.05, 3.63) is 24.2 Å². The molecule has 2 rings (SSSR count). The minimum Gasteiger partial charge on any atom is -0.390 e. The summed E-state index contributed by atoms with van der Waals surface area (Å²) < 4.78 is 0. The maximum atomic E-state index is 9.96. The summed E-state index contributed by atoms with van der Waals surface area (Å²) in [4.78, 5) is 11.0. The molecule has 0 aromatic carbocycles. The van der Waals surface area contributed by atoms with Gasteiger partial charge < -0.3 is 20.5 Å². The summed E-state index contributed by atoms with van der Waals surface area (Å²) in [6, 6.07) is 1.75. The number of nitrogens with one attached hydrogen (secondary N) is 2. The van der Waals surface area contributed by atoms with Crippen LogP contribution in [0.1, 0.15) is 18.1 Å². The molecule has 0 saturated carbocycles. The van der Waals surface area contributed by atoms with Crippen molar-refractivity contribution in [3.63, 3.8) is 0 Å². The molecule has 6 nitrogen and oxygen atoms in total. The van der Waals surface area contributed by atoms with Crippen molar-refractivity contribution in [1.82, 2.24) is 20.3 Å². The monoisotopic (exact) mass is 236 g/mol. The molecule has 2 unspecified atom stereocenters. The number of rotatable bonds is 5. The molecular weight excluding hydrogens is 220 g/mol. The second-order valence-corrected chi connectivity index (χ2v) is 3.95. The first-order valence-corrected chi connectivity index (χ1v) is 5.52. The lowest BCUT2D eigenvalue weighted by Gasteiger charge is -2.17. The van der Waals surface area contributed by atoms with E-state index in [1.165, 1.54) is 6.20 Å². The Bertz CT molecular complexity index is 485. The number of aromatic amines is 1. The highest BCUT2D eigenvalue weighted by Gasteiger charge is 2.18. The Morgan fingerprint density at radius 3 is 3.00 bits per heavy atom. The van der Waals surface area contributed by atoms with Crippen LogP contribution in [0.15, 0.2) is 18.6 Å². The molecule has 0 aliphatic rings. The van der Waals surface area contributed by atoms with Crippen LogP contribution in [0, 0.1) is 0 Å². The maximum absolute atomic E-state index is 9.96. The third kappa shape index (κ3) is 2.60. The molecule has 2 aromatic rings. The first-order chi connectivity index (χ1) is 8.22. The van der Waals surface area contributed by atoms with Crippen LogP contribution in [0.5, 0.6) is 0 Å². The number of pyridine rings is 1. The van der Waals surface area contributed by atoms with E-state index in [9.17, 15) is 10.2 Å². The Balaban J connectivity index is 2.14. The molecule has 2 atom stereocenters. The van der Waals surface area contributed by atoms with Gasteiger partial charge in [0.15, 0.2) is 5.65 Å². The molecule has 4 N–H and O–H groups in total. The van der Waals surface area contributed by atoms with Crippen molar-refractivity contribution < 1.29 is 10.2 Å². The number of aromatic nitrogens is 3. The van der Waals surface area contributed by atoms with E-state index >= 15 is 0 Å². The molecule has 0 bridgehead atoms. The summed E-state index contributed by atoms with van der Waals surface area (Å²) in [5.74, 6) is 0. The van der Waals surface area contributed by atoms with Crippen LogP contribution < -0.4 is 5.32 Å². The molecule has 0 amide bonds. The molecule has 2 aromatic heterocycles. The van der Waals surface area contributed by atoms with E-state index in [0.717, 1.165) is 5.52 Å². The maximum Gasteiger partial charge on any atom is 0.177 e. The molecule has 0 saturated heterocycles. The fraction of sp³-hybridized carbons (Fsp3) is 0.455. The SMILES string of the molecule is CNCCC(O)C(O)c1cnc2nc[nH]c2c1. The van der Waals surface area contributed by atoms with E-state index in [0.29, 0.717) is 24.2 Å². The van der Waals surface area contributed by atoms with Gasteiger partial charge in [0.25, 0.3) is 0 Å². The van der Waals surface area contributed by atoms with Gasteiger partial charge >= 0.3 is 0 Å². The number of fused-ring (bicyclic) bond motifs is 1. The molecule has 0 radical (unpaired) electrons. The van der Waals surface area contributed by atoms with Gasteiger partial charge in [-0.1, -0.05) is 0 Å². The number of hydrogen-bond acceptors (Lipinski definition) is 5. The molecular formula is C11H16N4O2. The third-order valence-electron chi connectivity index (χ3n) is 2.69. The predicted octanol–water partition coefficient (Wildman–Crippen LogP) is -0.0383. The lowest BCUT2D eigenvalue weighted by atomic mass is 10.0. The summed E-state index contributed by atoms with van der Waals surface area (Å²) in [7, 11) is 1.80. The van der Waals surface area contributed by atoms with Crippen molar-refractivity contribution in [1.29, 1.82) is 0 Å². The minimum absolute atomic E-state index is 0.485. The summed E-state index contributed by atoms with van der Waals surface area (Å²) in [6.45, 7) is 0.651. The van der Waals surface area contributed by atoms with Crippen LogP contribution in [0.2, 0.25) is 0 Å². The van der Waals surface area contributed by atoms with E-state index in [-0.39, 0.29) is 0 Å². The van der Waals surface area contributed by atoms with E-state index in [4.69, 9.17) is 0 Å². The Morgan fingerprint density at radius 1 is 1.41 bits per heavy atom. The minimum atomic E-state index is -0.927. The van der Waals surface area contributed by atoms with Gasteiger partial charge in [-0.2, -0.15) is 0 Å². The number of H-pyrrole nitrogens is 1. The fourth-order valence-electron chi connectivity index (χ4n) is 1.68. The highest BCUT2D eigenvalue weighted by atomic mass is 16.3. The topological polar surface area (TPSA) is 94.1 Å². The first kappa shape index (κ1) is 12.0. The van der Waals surface area contributed by atoms with Gasteiger partial charge in [-0.15, -0.1) is 0 Å². The lowest BCUT2D eigenvalue weighted by molar-refractivity contribution is 0.0139. The first-order valence-electron chi connectivity index (χ1n) is 5.52. The number of nitrogens with zero attached hydrogens (tertiary/aromatic N) is 2. The Kier molecular flexibility index (Phi) is 3.68. The van der Waals surface area contributed by atoms with E-state index in [2.05, 4.69) is 20.3 Å². The highest BCUT2D eigenvalue weighted by molar-refractivity contribution is 5.70. The number of aliphatic hydroxyl groups is 2. The van der Waals surface area contributed by atoms with Gasteiger partial charge in [-0.25, -0.2) is 9.97 Å². The van der Waals surface area contributed by atoms with Gasteiger partial charge in [0.1, 0.15) is 6.10 Å². The van der Waals surface area contributed by atoms with Crippen LogP contribution in [-0.2, 0) is 0 Å². The lowest BCUT2D eigenvalue weighted by Crippen LogP contribution is -2.23. The molecule has 6 heteroatoms. The van der Waals surface area contributed by atoms with E-state index in [1.54, 1.807) is 19.4 Å². The van der Waals surface area contributed by atoms with Crippen molar-refractivity contribution in [3.8, 4) is 0 Å². The van der Waals surface area contributed by atoms with Crippen molar-refractivity contribution in [2.45, 2.75) is 18.6 Å². The summed E-state index contributed by atoms with van der Waals surface area (Å²) in [6.07, 6.45) is 1.84. The van der Waals surface area contributed by atoms with Crippen LogP contribution in [0.3, 0.4) is 0 Å². The average molecular weight is 236 g/mol. The summed E-state index contributed by atoms with van der Waals surface area (Å²) >= 11 is 0. The summed E-state index contributed by atoms with van der Waals surface area (Å²) in [5, 5.41) is 22.7. The fourth-order valence-corrected chi connectivity index (χ4v) is 1.68. The zero-order valence-corrected chi connectivity index (χ0v) is 9.59. The van der Waals surface area contributed by atoms with Gasteiger partial charge in [0, 0.05) is 11.8 Å². The van der Waals surface area contributed by atoms with Gasteiger partial charge in [0.05, 0.1) is 17.9 Å². The van der Waals surface area contributed by atoms with Gasteiger partial charge in [0.2, 0.25) is 0 Å². The van der Waals surface area contributed by atoms with Gasteiger partial charge in [-0.05, 0) is 26.1 Å². The zero-order valence-electron chi connectivity index (χ0n) is 9.59. The normalized spacial score (nSPS) is 15.0. The van der Waals surface area contributed by atoms with Crippen LogP contribution in [-0.4, -0.2) is 44.9 Å². The zero-order chi connectivity index (χ0) is 12.3. The quantitative estimate of drug-likeness (QED) is 0.584. The number of aliphatic hydroxyl groups excluding tert-OH is 2. The standard InChI is InChI=1S/C11H16N4O2/c1-12-3-2-9(16)10(17)7-4-8-11(13-5-7)15-6-14-8/h4-6,9-10,12,16-17H,2-3H2,1H3,(H,13,14,15). The van der Waals surface area contributed by atoms with Gasteiger partial charge in [-0.3, -0.25) is 0 Å². The molecule has 2 heterocycles. The van der Waals surface area contributed by atoms with Crippen LogP contribution in [0.25, 0.3) is 11.2 Å². The molecule has 0 aliphatic heterocycles. The number of hydrogen-bond donors (Lipinski definition) is 4.